The third-order valence-electron chi connectivity index (χ3n) is 3.85. The number of fused-ring (bicyclic) bond motifs is 1. The molecule has 2 heterocycles. The summed E-state index contributed by atoms with van der Waals surface area (Å²) in [4.78, 5) is 26.4. The number of amides is 1. The van der Waals surface area contributed by atoms with E-state index in [-0.39, 0.29) is 11.8 Å². The summed E-state index contributed by atoms with van der Waals surface area (Å²) in [5, 5.41) is 0. The quantitative estimate of drug-likeness (QED) is 0.746. The molecule has 0 atom stereocenters. The van der Waals surface area contributed by atoms with E-state index in [0.717, 1.165) is 11.1 Å². The SMILES string of the molecule is CN1C(=O)C(C)(C)C(=O)n2ccc(-c3ccccc3)c21. The minimum Gasteiger partial charge on any atom is -0.300 e. The van der Waals surface area contributed by atoms with E-state index in [1.54, 1.807) is 36.6 Å². The molecular formula is C16H16N2O2. The summed E-state index contributed by atoms with van der Waals surface area (Å²) < 4.78 is 1.57. The monoisotopic (exact) mass is 268 g/mol. The Labute approximate surface area is 117 Å². The van der Waals surface area contributed by atoms with Crippen molar-refractivity contribution in [2.75, 3.05) is 11.9 Å². The van der Waals surface area contributed by atoms with E-state index in [1.807, 2.05) is 36.4 Å². The zero-order valence-electron chi connectivity index (χ0n) is 11.8. The van der Waals surface area contributed by atoms with Gasteiger partial charge in [-0.05, 0) is 25.5 Å². The van der Waals surface area contributed by atoms with Crippen LogP contribution in [-0.4, -0.2) is 23.4 Å². The molecule has 0 saturated carbocycles. The molecule has 20 heavy (non-hydrogen) atoms. The van der Waals surface area contributed by atoms with Gasteiger partial charge in [-0.25, -0.2) is 0 Å². The molecule has 1 aliphatic heterocycles. The molecule has 0 aliphatic carbocycles. The predicted octanol–water partition coefficient (Wildman–Crippen LogP) is 2.80. The Morgan fingerprint density at radius 3 is 2.25 bits per heavy atom. The fraction of sp³-hybridized carbons (Fsp3) is 0.250. The number of carbonyl (C=O) groups is 2. The van der Waals surface area contributed by atoms with Gasteiger partial charge in [-0.15, -0.1) is 0 Å². The standard InChI is InChI=1S/C16H16N2O2/c1-16(2)14(19)17(3)13-12(9-10-18(13)15(16)20)11-7-5-4-6-8-11/h4-10H,1-3H3. The van der Waals surface area contributed by atoms with Crippen LogP contribution in [0.3, 0.4) is 0 Å². The van der Waals surface area contributed by atoms with Crippen molar-refractivity contribution >= 4 is 17.6 Å². The van der Waals surface area contributed by atoms with Crippen LogP contribution in [0.25, 0.3) is 11.1 Å². The first kappa shape index (κ1) is 12.7. The van der Waals surface area contributed by atoms with Crippen LogP contribution in [0.4, 0.5) is 5.82 Å². The smallest absolute Gasteiger partial charge is 0.247 e. The van der Waals surface area contributed by atoms with Crippen LogP contribution in [0.1, 0.15) is 18.6 Å². The average Bonchev–Trinajstić information content (AvgIpc) is 2.89. The lowest BCUT2D eigenvalue weighted by Gasteiger charge is -2.35. The lowest BCUT2D eigenvalue weighted by atomic mass is 9.88. The van der Waals surface area contributed by atoms with Crippen LogP contribution in [0.15, 0.2) is 42.6 Å². The van der Waals surface area contributed by atoms with E-state index in [1.165, 1.54) is 0 Å². The van der Waals surface area contributed by atoms with Crippen LogP contribution in [0.5, 0.6) is 0 Å². The minimum absolute atomic E-state index is 0.175. The zero-order valence-corrected chi connectivity index (χ0v) is 11.8. The highest BCUT2D eigenvalue weighted by Gasteiger charge is 2.45. The van der Waals surface area contributed by atoms with Crippen molar-refractivity contribution in [3.63, 3.8) is 0 Å². The third kappa shape index (κ3) is 1.54. The number of rotatable bonds is 1. The molecular weight excluding hydrogens is 252 g/mol. The number of aromatic nitrogens is 1. The summed E-state index contributed by atoms with van der Waals surface area (Å²) in [6, 6.07) is 11.6. The Morgan fingerprint density at radius 1 is 0.950 bits per heavy atom. The van der Waals surface area contributed by atoms with Gasteiger partial charge in [-0.1, -0.05) is 30.3 Å². The fourth-order valence-corrected chi connectivity index (χ4v) is 2.68. The Balaban J connectivity index is 2.23. The topological polar surface area (TPSA) is 42.3 Å². The molecule has 4 heteroatoms. The number of benzene rings is 1. The van der Waals surface area contributed by atoms with Crippen molar-refractivity contribution in [2.24, 2.45) is 5.41 Å². The number of nitrogens with zero attached hydrogens (tertiary/aromatic N) is 2. The van der Waals surface area contributed by atoms with Gasteiger partial charge in [0.2, 0.25) is 11.8 Å². The van der Waals surface area contributed by atoms with Crippen LogP contribution >= 0.6 is 0 Å². The molecule has 0 bridgehead atoms. The van der Waals surface area contributed by atoms with Crippen molar-refractivity contribution in [1.29, 1.82) is 0 Å². The van der Waals surface area contributed by atoms with E-state index in [2.05, 4.69) is 0 Å². The first-order valence-electron chi connectivity index (χ1n) is 6.54. The second-order valence-electron chi connectivity index (χ2n) is 5.58. The molecule has 1 aromatic carbocycles. The van der Waals surface area contributed by atoms with E-state index in [9.17, 15) is 9.59 Å². The number of hydrogen-bond acceptors (Lipinski definition) is 2. The van der Waals surface area contributed by atoms with Gasteiger partial charge in [0.25, 0.3) is 0 Å². The van der Waals surface area contributed by atoms with E-state index < -0.39 is 5.41 Å². The van der Waals surface area contributed by atoms with Gasteiger partial charge >= 0.3 is 0 Å². The molecule has 1 amide bonds. The minimum atomic E-state index is -1.02. The summed E-state index contributed by atoms with van der Waals surface area (Å²) in [5.41, 5.74) is 0.869. The summed E-state index contributed by atoms with van der Waals surface area (Å²) in [5.74, 6) is 0.286. The van der Waals surface area contributed by atoms with Crippen molar-refractivity contribution in [2.45, 2.75) is 13.8 Å². The molecule has 102 valence electrons. The van der Waals surface area contributed by atoms with Crippen LogP contribution < -0.4 is 4.90 Å². The van der Waals surface area contributed by atoms with E-state index in [0.29, 0.717) is 5.82 Å². The van der Waals surface area contributed by atoms with Gasteiger partial charge in [0.05, 0.1) is 0 Å². The second-order valence-corrected chi connectivity index (χ2v) is 5.58. The largest absolute Gasteiger partial charge is 0.300 e. The molecule has 2 aromatic rings. The van der Waals surface area contributed by atoms with Crippen LogP contribution in [0.2, 0.25) is 0 Å². The summed E-state index contributed by atoms with van der Waals surface area (Å²) >= 11 is 0. The molecule has 0 spiro atoms. The lowest BCUT2D eigenvalue weighted by molar-refractivity contribution is -0.124. The van der Waals surface area contributed by atoms with Crippen molar-refractivity contribution in [3.05, 3.63) is 42.6 Å². The van der Waals surface area contributed by atoms with Crippen molar-refractivity contribution in [3.8, 4) is 11.1 Å². The van der Waals surface area contributed by atoms with Gasteiger partial charge in [-0.3, -0.25) is 19.1 Å². The molecule has 0 saturated heterocycles. The summed E-state index contributed by atoms with van der Waals surface area (Å²) in [6.45, 7) is 3.33. The number of carbonyl (C=O) groups excluding carboxylic acids is 2. The van der Waals surface area contributed by atoms with Crippen LogP contribution in [-0.2, 0) is 4.79 Å². The number of hydrogen-bond donors (Lipinski definition) is 0. The molecule has 1 aliphatic rings. The summed E-state index contributed by atoms with van der Waals surface area (Å²) in [6.07, 6.45) is 1.74. The Hall–Kier alpha value is -2.36. The molecule has 0 fully saturated rings. The summed E-state index contributed by atoms with van der Waals surface area (Å²) in [7, 11) is 1.72. The highest BCUT2D eigenvalue weighted by Crippen LogP contribution is 2.39. The van der Waals surface area contributed by atoms with Gasteiger partial charge in [0.1, 0.15) is 11.2 Å². The lowest BCUT2D eigenvalue weighted by Crippen LogP contribution is -2.51. The maximum atomic E-state index is 12.5. The molecule has 0 N–H and O–H groups in total. The first-order valence-corrected chi connectivity index (χ1v) is 6.54. The average molecular weight is 268 g/mol. The van der Waals surface area contributed by atoms with E-state index >= 15 is 0 Å². The van der Waals surface area contributed by atoms with Gasteiger partial charge in [0, 0.05) is 18.8 Å². The normalized spacial score (nSPS) is 17.2. The molecule has 1 aromatic heterocycles. The van der Waals surface area contributed by atoms with Crippen molar-refractivity contribution in [1.82, 2.24) is 4.57 Å². The van der Waals surface area contributed by atoms with Gasteiger partial charge in [-0.2, -0.15) is 0 Å². The van der Waals surface area contributed by atoms with Crippen molar-refractivity contribution < 1.29 is 9.59 Å². The van der Waals surface area contributed by atoms with Gasteiger partial charge < -0.3 is 0 Å². The zero-order chi connectivity index (χ0) is 14.5. The van der Waals surface area contributed by atoms with Gasteiger partial charge in [0.15, 0.2) is 0 Å². The van der Waals surface area contributed by atoms with Crippen LogP contribution in [0, 0.1) is 5.41 Å². The Bertz CT molecular complexity index is 699. The maximum absolute atomic E-state index is 12.5. The number of anilines is 1. The van der Waals surface area contributed by atoms with E-state index in [4.69, 9.17) is 0 Å². The first-order chi connectivity index (χ1) is 9.44. The Morgan fingerprint density at radius 2 is 1.60 bits per heavy atom. The second kappa shape index (κ2) is 4.07. The fourth-order valence-electron chi connectivity index (χ4n) is 2.68. The third-order valence-corrected chi connectivity index (χ3v) is 3.85. The maximum Gasteiger partial charge on any atom is 0.247 e. The molecule has 0 unspecified atom stereocenters. The predicted molar refractivity (Wildman–Crippen MR) is 77.7 cm³/mol. The highest BCUT2D eigenvalue weighted by molar-refractivity contribution is 6.17. The molecule has 0 radical (unpaired) electrons. The highest BCUT2D eigenvalue weighted by atomic mass is 16.2. The molecule has 4 nitrogen and oxygen atoms in total. The molecule has 3 rings (SSSR count). The Kier molecular flexibility index (Phi) is 2.57.